The van der Waals surface area contributed by atoms with Crippen LogP contribution in [0.4, 0.5) is 0 Å². The van der Waals surface area contributed by atoms with Gasteiger partial charge in [-0.1, -0.05) is 30.3 Å². The minimum atomic E-state index is -0.168. The van der Waals surface area contributed by atoms with Gasteiger partial charge >= 0.3 is 0 Å². The van der Waals surface area contributed by atoms with E-state index in [1.165, 1.54) is 10.5 Å². The Bertz CT molecular complexity index is 725. The van der Waals surface area contributed by atoms with Crippen LogP contribution in [0.15, 0.2) is 36.9 Å². The van der Waals surface area contributed by atoms with E-state index in [1.54, 1.807) is 4.90 Å². The number of quaternary nitrogens is 2. The van der Waals surface area contributed by atoms with Crippen LogP contribution in [0.2, 0.25) is 5.02 Å². The summed E-state index contributed by atoms with van der Waals surface area (Å²) >= 11 is 6.12. The zero-order chi connectivity index (χ0) is 18.7. The summed E-state index contributed by atoms with van der Waals surface area (Å²) in [6.45, 7) is 15.7. The molecule has 26 heavy (non-hydrogen) atoms. The number of halogens is 1. The van der Waals surface area contributed by atoms with Gasteiger partial charge in [0.2, 0.25) is 5.82 Å². The zero-order valence-electron chi connectivity index (χ0n) is 15.9. The molecule has 1 fully saturated rings. The molecule has 2 aromatic rings. The van der Waals surface area contributed by atoms with Crippen molar-refractivity contribution >= 4 is 11.6 Å². The maximum atomic E-state index is 6.12. The second kappa shape index (κ2) is 7.86. The summed E-state index contributed by atoms with van der Waals surface area (Å²) in [5, 5.41) is 13.5. The Morgan fingerprint density at radius 2 is 1.85 bits per heavy atom. The number of hydrogen-bond donors (Lipinski definition) is 2. The van der Waals surface area contributed by atoms with Gasteiger partial charge in [0.05, 0.1) is 12.1 Å². The first-order chi connectivity index (χ1) is 12.4. The van der Waals surface area contributed by atoms with Crippen molar-refractivity contribution in [3.05, 3.63) is 53.3 Å². The van der Waals surface area contributed by atoms with E-state index in [9.17, 15) is 0 Å². The standard InChI is InChI=1S/C19H27ClN6/c1-5-10-24-11-13-25(14-12-24)17(15-6-8-16(20)9-7-15)18-21-22-23-26(18)19(2,3)4/h5-9,17H,1,10-14H2,2-4H3/p+2/t17-/m0/s1. The SMILES string of the molecule is C=CC[NH+]1CC[NH+]([C@@H](c2ccc(Cl)cc2)c2nnnn2C(C)(C)C)CC1. The van der Waals surface area contributed by atoms with Gasteiger partial charge in [0.1, 0.15) is 26.2 Å². The first kappa shape index (κ1) is 19.0. The molecule has 0 bridgehead atoms. The van der Waals surface area contributed by atoms with E-state index in [1.807, 2.05) is 22.9 Å². The summed E-state index contributed by atoms with van der Waals surface area (Å²) in [5.74, 6) is 0.919. The Balaban J connectivity index is 1.95. The smallest absolute Gasteiger partial charge is 0.214 e. The summed E-state index contributed by atoms with van der Waals surface area (Å²) in [7, 11) is 0. The van der Waals surface area contributed by atoms with Gasteiger partial charge in [-0.15, -0.1) is 5.10 Å². The summed E-state index contributed by atoms with van der Waals surface area (Å²) in [6.07, 6.45) is 2.01. The van der Waals surface area contributed by atoms with Crippen LogP contribution in [0.3, 0.4) is 0 Å². The summed E-state index contributed by atoms with van der Waals surface area (Å²) in [4.78, 5) is 3.09. The van der Waals surface area contributed by atoms with Gasteiger partial charge in [0, 0.05) is 10.6 Å². The van der Waals surface area contributed by atoms with Crippen molar-refractivity contribution in [3.63, 3.8) is 0 Å². The first-order valence-electron chi connectivity index (χ1n) is 9.23. The maximum absolute atomic E-state index is 6.12. The Kier molecular flexibility index (Phi) is 5.75. The van der Waals surface area contributed by atoms with E-state index in [0.717, 1.165) is 43.6 Å². The highest BCUT2D eigenvalue weighted by Gasteiger charge is 2.37. The fourth-order valence-electron chi connectivity index (χ4n) is 3.70. The van der Waals surface area contributed by atoms with Gasteiger partial charge in [-0.3, -0.25) is 0 Å². The number of rotatable bonds is 5. The quantitative estimate of drug-likeness (QED) is 0.730. The van der Waals surface area contributed by atoms with Crippen molar-refractivity contribution in [3.8, 4) is 0 Å². The predicted molar refractivity (Wildman–Crippen MR) is 103 cm³/mol. The van der Waals surface area contributed by atoms with E-state index in [-0.39, 0.29) is 11.6 Å². The van der Waals surface area contributed by atoms with Gasteiger partial charge in [0.25, 0.3) is 0 Å². The minimum Gasteiger partial charge on any atom is -0.322 e. The molecule has 1 aromatic carbocycles. The lowest BCUT2D eigenvalue weighted by Gasteiger charge is -2.34. The molecule has 1 aliphatic rings. The van der Waals surface area contributed by atoms with Crippen LogP contribution >= 0.6 is 11.6 Å². The number of tetrazole rings is 1. The fraction of sp³-hybridized carbons (Fsp3) is 0.526. The van der Waals surface area contributed by atoms with Crippen molar-refractivity contribution in [1.82, 2.24) is 20.2 Å². The molecule has 2 heterocycles. The van der Waals surface area contributed by atoms with Crippen molar-refractivity contribution in [2.75, 3.05) is 32.7 Å². The van der Waals surface area contributed by atoms with Crippen LogP contribution in [0, 0.1) is 0 Å². The van der Waals surface area contributed by atoms with Gasteiger partial charge in [0.15, 0.2) is 6.04 Å². The van der Waals surface area contributed by atoms with Crippen LogP contribution in [-0.4, -0.2) is 52.9 Å². The Morgan fingerprint density at radius 3 is 2.42 bits per heavy atom. The Morgan fingerprint density at radius 1 is 1.19 bits per heavy atom. The molecule has 3 rings (SSSR count). The third-order valence-corrected chi connectivity index (χ3v) is 5.28. The van der Waals surface area contributed by atoms with Crippen molar-refractivity contribution in [2.24, 2.45) is 0 Å². The van der Waals surface area contributed by atoms with Crippen LogP contribution in [0.25, 0.3) is 0 Å². The highest BCUT2D eigenvalue weighted by molar-refractivity contribution is 6.30. The normalized spacial score (nSPS) is 22.2. The highest BCUT2D eigenvalue weighted by atomic mass is 35.5. The third-order valence-electron chi connectivity index (χ3n) is 5.03. The lowest BCUT2D eigenvalue weighted by molar-refractivity contribution is -1.02. The average Bonchev–Trinajstić information content (AvgIpc) is 3.08. The maximum Gasteiger partial charge on any atom is 0.214 e. The van der Waals surface area contributed by atoms with E-state index < -0.39 is 0 Å². The lowest BCUT2D eigenvalue weighted by atomic mass is 10.0. The third kappa shape index (κ3) is 4.14. The van der Waals surface area contributed by atoms with Crippen molar-refractivity contribution in [1.29, 1.82) is 0 Å². The lowest BCUT2D eigenvalue weighted by Crippen LogP contribution is -3.28. The van der Waals surface area contributed by atoms with Gasteiger partial charge in [-0.2, -0.15) is 0 Å². The van der Waals surface area contributed by atoms with E-state index in [2.05, 4.69) is 55.0 Å². The molecule has 1 aliphatic heterocycles. The van der Waals surface area contributed by atoms with Crippen LogP contribution < -0.4 is 9.80 Å². The van der Waals surface area contributed by atoms with E-state index in [0.29, 0.717) is 0 Å². The largest absolute Gasteiger partial charge is 0.322 e. The van der Waals surface area contributed by atoms with Crippen LogP contribution in [0.1, 0.15) is 38.2 Å². The Hall–Kier alpha value is -1.76. The number of piperazine rings is 1. The topological polar surface area (TPSA) is 52.5 Å². The minimum absolute atomic E-state index is 0.103. The average molecular weight is 377 g/mol. The van der Waals surface area contributed by atoms with E-state index >= 15 is 0 Å². The van der Waals surface area contributed by atoms with Crippen LogP contribution in [-0.2, 0) is 5.54 Å². The molecule has 2 N–H and O–H groups in total. The molecular weight excluding hydrogens is 348 g/mol. The molecule has 1 aromatic heterocycles. The number of aromatic nitrogens is 4. The van der Waals surface area contributed by atoms with Gasteiger partial charge in [-0.25, -0.2) is 4.68 Å². The molecule has 140 valence electrons. The second-order valence-corrected chi connectivity index (χ2v) is 8.44. The Labute approximate surface area is 160 Å². The molecule has 0 unspecified atom stereocenters. The molecule has 0 spiro atoms. The molecule has 1 saturated heterocycles. The molecule has 0 aliphatic carbocycles. The number of nitrogens with zero attached hydrogens (tertiary/aromatic N) is 4. The predicted octanol–water partition coefficient (Wildman–Crippen LogP) is 0.140. The summed E-state index contributed by atoms with van der Waals surface area (Å²) in [6, 6.07) is 8.21. The van der Waals surface area contributed by atoms with Crippen molar-refractivity contribution in [2.45, 2.75) is 32.4 Å². The molecule has 0 saturated carbocycles. The monoisotopic (exact) mass is 376 g/mol. The highest BCUT2D eigenvalue weighted by Crippen LogP contribution is 2.23. The van der Waals surface area contributed by atoms with E-state index in [4.69, 9.17) is 11.6 Å². The molecule has 6 nitrogen and oxygen atoms in total. The number of hydrogen-bond acceptors (Lipinski definition) is 3. The zero-order valence-corrected chi connectivity index (χ0v) is 16.6. The number of nitrogens with one attached hydrogen (secondary N) is 2. The molecule has 0 amide bonds. The molecular formula is C19H29ClN6+2. The second-order valence-electron chi connectivity index (χ2n) is 8.01. The van der Waals surface area contributed by atoms with Gasteiger partial charge in [-0.05, 0) is 49.4 Å². The fourth-order valence-corrected chi connectivity index (χ4v) is 3.82. The molecule has 7 heteroatoms. The summed E-state index contributed by atoms with van der Waals surface area (Å²) in [5.41, 5.74) is 1.04. The molecule has 0 radical (unpaired) electrons. The molecule has 1 atom stereocenters. The van der Waals surface area contributed by atoms with Gasteiger partial charge < -0.3 is 9.80 Å². The first-order valence-corrected chi connectivity index (χ1v) is 9.61. The summed E-state index contributed by atoms with van der Waals surface area (Å²) < 4.78 is 1.96. The van der Waals surface area contributed by atoms with Crippen molar-refractivity contribution < 1.29 is 9.80 Å². The van der Waals surface area contributed by atoms with Crippen LogP contribution in [0.5, 0.6) is 0 Å². The number of benzene rings is 1.